The Bertz CT molecular complexity index is 215. The molecule has 8 heteroatoms. The van der Waals surface area contributed by atoms with Crippen LogP contribution < -0.4 is 5.73 Å². The molecule has 0 aliphatic carbocycles. The molecule has 3 N–H and O–H groups in total. The topological polar surface area (TPSA) is 104 Å². The number of carbonyl (C=O) groups excluding carboxylic acids is 1. The Kier molecular flexibility index (Phi) is 13.1. The summed E-state index contributed by atoms with van der Waals surface area (Å²) in [6, 6.07) is 0. The van der Waals surface area contributed by atoms with Gasteiger partial charge in [-0.05, 0) is 0 Å². The standard InChI is InChI=1S/C7H14NO4.C4H7O2.Rf/c1-11-4-6(9)5-12-3-2-7(8)10;1-5-2-4-3-6-4;/h6,9H,1-5H2,(H2,8,10);4H,1-3H2;/q2*-1;. The molecule has 0 radical (unpaired) electrons. The molecule has 7 nitrogen and oxygen atoms in total. The molecule has 0 aromatic rings. The Balaban J connectivity index is 0. The molecule has 0 saturated carbocycles. The van der Waals surface area contributed by atoms with E-state index in [-0.39, 0.29) is 26.2 Å². The van der Waals surface area contributed by atoms with Gasteiger partial charge in [0.25, 0.3) is 0 Å². The summed E-state index contributed by atoms with van der Waals surface area (Å²) in [5, 5.41) is 9.01. The van der Waals surface area contributed by atoms with Gasteiger partial charge in [0.05, 0.1) is 25.9 Å². The van der Waals surface area contributed by atoms with Crippen LogP contribution in [0.5, 0.6) is 0 Å². The molecule has 1 rings (SSSR count). The van der Waals surface area contributed by atoms with Crippen LogP contribution >= 0.6 is 0 Å². The first-order valence-corrected chi connectivity index (χ1v) is 5.49. The summed E-state index contributed by atoms with van der Waals surface area (Å²) < 4.78 is 18.6. The summed E-state index contributed by atoms with van der Waals surface area (Å²) in [6.07, 6.45) is -0.171. The van der Waals surface area contributed by atoms with Crippen LogP contribution in [-0.4, -0.2) is 56.3 Å². The monoisotopic (exact) mass is 530 g/mol. The van der Waals surface area contributed by atoms with Gasteiger partial charge < -0.3 is 29.8 Å². The number of rotatable bonds is 9. The SMILES string of the molecule is [CH2-]OCC(O)COCCC(N)=O.[CH2-]OCC1CO1.[Rf]. The quantitative estimate of drug-likeness (QED) is 0.231. The van der Waals surface area contributed by atoms with E-state index >= 15 is 0 Å². The van der Waals surface area contributed by atoms with Crippen molar-refractivity contribution in [3.05, 3.63) is 14.2 Å². The summed E-state index contributed by atoms with van der Waals surface area (Å²) in [6.45, 7) is 1.98. The van der Waals surface area contributed by atoms with Gasteiger partial charge in [-0.25, -0.2) is 14.2 Å². The van der Waals surface area contributed by atoms with E-state index in [0.717, 1.165) is 6.61 Å². The summed E-state index contributed by atoms with van der Waals surface area (Å²) in [4.78, 5) is 10.2. The van der Waals surface area contributed by atoms with E-state index in [9.17, 15) is 4.79 Å². The number of nitrogens with two attached hydrogens (primary N) is 1. The molecule has 0 bridgehead atoms. The van der Waals surface area contributed by atoms with Crippen molar-refractivity contribution < 1.29 is 28.8 Å². The second kappa shape index (κ2) is 12.7. The first-order valence-electron chi connectivity index (χ1n) is 5.49. The van der Waals surface area contributed by atoms with E-state index in [4.69, 9.17) is 20.3 Å². The van der Waals surface area contributed by atoms with Crippen LogP contribution in [0.1, 0.15) is 6.42 Å². The summed E-state index contributed by atoms with van der Waals surface area (Å²) in [7, 11) is 6.28. The van der Waals surface area contributed by atoms with Crippen LogP contribution in [0.4, 0.5) is 0 Å². The third-order valence-electron chi connectivity index (χ3n) is 1.82. The van der Waals surface area contributed by atoms with Gasteiger partial charge >= 0.3 is 0 Å². The van der Waals surface area contributed by atoms with Crippen molar-refractivity contribution in [3.8, 4) is 0 Å². The minimum Gasteiger partial charge on any atom is -0.553 e. The first kappa shape index (κ1) is 19.6. The maximum Gasteiger partial charge on any atom is 0.219 e. The molecule has 0 aromatic carbocycles. The fourth-order valence-electron chi connectivity index (χ4n) is 0.872. The van der Waals surface area contributed by atoms with Crippen molar-refractivity contribution in [1.29, 1.82) is 0 Å². The molecular weight excluding hydrogens is 509 g/mol. The van der Waals surface area contributed by atoms with Crippen molar-refractivity contribution in [3.63, 3.8) is 0 Å². The minimum atomic E-state index is -0.699. The number of carbonyl (C=O) groups is 1. The largest absolute Gasteiger partial charge is 0.553 e. The van der Waals surface area contributed by atoms with Gasteiger partial charge in [0.1, 0.15) is 6.10 Å². The Hall–Kier alpha value is -1.73. The van der Waals surface area contributed by atoms with E-state index < -0.39 is 12.0 Å². The van der Waals surface area contributed by atoms with E-state index in [2.05, 4.69) is 23.7 Å². The van der Waals surface area contributed by atoms with Crippen LogP contribution in [0.15, 0.2) is 0 Å². The smallest absolute Gasteiger partial charge is 0.219 e. The van der Waals surface area contributed by atoms with Crippen LogP contribution in [0.25, 0.3) is 0 Å². The maximum absolute atomic E-state index is 10.2. The molecule has 19 heavy (non-hydrogen) atoms. The van der Waals surface area contributed by atoms with Crippen molar-refractivity contribution in [1.82, 2.24) is 0 Å². The molecule has 110 valence electrons. The van der Waals surface area contributed by atoms with E-state index in [1.54, 1.807) is 0 Å². The average molecular weight is 530 g/mol. The first-order chi connectivity index (χ1) is 8.60. The van der Waals surface area contributed by atoms with Gasteiger partial charge in [-0.1, -0.05) is 0 Å². The molecule has 1 saturated heterocycles. The molecule has 1 heterocycles. The minimum absolute atomic E-state index is 0. The number of hydrogen-bond donors (Lipinski definition) is 2. The van der Waals surface area contributed by atoms with E-state index in [1.807, 2.05) is 0 Å². The number of primary amides is 1. The third kappa shape index (κ3) is 16.3. The van der Waals surface area contributed by atoms with Gasteiger partial charge in [-0.3, -0.25) is 4.79 Å². The number of aliphatic hydroxyl groups excluding tert-OH is 1. The number of aliphatic hydroxyl groups is 1. The third-order valence-corrected chi connectivity index (χ3v) is 1.82. The number of amides is 1. The fraction of sp³-hybridized carbons (Fsp3) is 0.727. The van der Waals surface area contributed by atoms with Crippen LogP contribution in [0.2, 0.25) is 0 Å². The summed E-state index contributed by atoms with van der Waals surface area (Å²) >= 11 is 0. The van der Waals surface area contributed by atoms with Crippen molar-refractivity contribution in [2.24, 2.45) is 5.73 Å². The van der Waals surface area contributed by atoms with Crippen LogP contribution in [-0.2, 0) is 23.7 Å². The summed E-state index contributed by atoms with van der Waals surface area (Å²) in [5.41, 5.74) is 4.85. The van der Waals surface area contributed by atoms with Crippen molar-refractivity contribution in [2.45, 2.75) is 18.6 Å². The van der Waals surface area contributed by atoms with E-state index in [1.165, 1.54) is 0 Å². The second-order valence-corrected chi connectivity index (χ2v) is 3.64. The van der Waals surface area contributed by atoms with Gasteiger partial charge in [-0.15, -0.1) is 0 Å². The van der Waals surface area contributed by atoms with Crippen LogP contribution in [0.3, 0.4) is 0 Å². The maximum atomic E-state index is 10.2. The van der Waals surface area contributed by atoms with Crippen molar-refractivity contribution >= 4 is 5.91 Å². The molecule has 1 amide bonds. The molecule has 1 aliphatic heterocycles. The van der Waals surface area contributed by atoms with Crippen molar-refractivity contribution in [2.75, 3.05) is 33.0 Å². The van der Waals surface area contributed by atoms with Gasteiger partial charge in [0.15, 0.2) is 0 Å². The molecule has 0 spiro atoms. The molecule has 1 aliphatic rings. The predicted octanol–water partition coefficient (Wildman–Crippen LogP) is -0.759. The van der Waals surface area contributed by atoms with Gasteiger partial charge in [0.2, 0.25) is 5.91 Å². The number of hydrogen-bond acceptors (Lipinski definition) is 6. The van der Waals surface area contributed by atoms with Gasteiger partial charge in [0, 0.05) is 19.6 Å². The predicted molar refractivity (Wildman–Crippen MR) is 63.0 cm³/mol. The average Bonchev–Trinajstić information content (AvgIpc) is 3.10. The molecule has 0 aromatic heterocycles. The molecular formula is C11H21NO6Rf-2. The normalized spacial score (nSPS) is 17.7. The number of epoxide rings is 1. The summed E-state index contributed by atoms with van der Waals surface area (Å²) in [5.74, 6) is -0.419. The molecule has 2 unspecified atom stereocenters. The Morgan fingerprint density at radius 3 is 2.42 bits per heavy atom. The zero-order valence-corrected chi connectivity index (χ0v) is 17.5. The van der Waals surface area contributed by atoms with Gasteiger partial charge in [-0.2, -0.15) is 0 Å². The Labute approximate surface area is 107 Å². The zero-order chi connectivity index (χ0) is 13.8. The molecule has 2 atom stereocenters. The Morgan fingerprint density at radius 1 is 1.42 bits per heavy atom. The number of ether oxygens (including phenoxy) is 4. The molecule has 1 fully saturated rings. The van der Waals surface area contributed by atoms with E-state index in [0.29, 0.717) is 12.7 Å². The second-order valence-electron chi connectivity index (χ2n) is 3.64. The Morgan fingerprint density at radius 2 is 2.05 bits per heavy atom. The zero-order valence-electron chi connectivity index (χ0n) is 11.1. The fourth-order valence-corrected chi connectivity index (χ4v) is 0.872. The van der Waals surface area contributed by atoms with Crippen LogP contribution in [0, 0.1) is 14.2 Å².